The SMILES string of the molecule is CC(C)COCCCCCCNC(=O)C(CCCCNC(=O)COCC(=O)ON1C(=O)CCC1=O)NC(=O)COCC(=O)ON1C(=O)CCC1=O. The molecular formula is C32H49N5O14. The largest absolute Gasteiger partial charge is 0.381 e. The van der Waals surface area contributed by atoms with Crippen LogP contribution in [0, 0.1) is 5.92 Å². The fourth-order valence-electron chi connectivity index (χ4n) is 4.62. The lowest BCUT2D eigenvalue weighted by Gasteiger charge is -2.19. The van der Waals surface area contributed by atoms with Crippen molar-refractivity contribution in [3.63, 3.8) is 0 Å². The van der Waals surface area contributed by atoms with Gasteiger partial charge in [0.25, 0.3) is 23.6 Å². The van der Waals surface area contributed by atoms with Crippen LogP contribution in [0.4, 0.5) is 0 Å². The summed E-state index contributed by atoms with van der Waals surface area (Å²) in [5.74, 6) is -5.82. The number of hydrogen-bond acceptors (Lipinski definition) is 14. The predicted molar refractivity (Wildman–Crippen MR) is 172 cm³/mol. The molecule has 7 amide bonds. The van der Waals surface area contributed by atoms with Gasteiger partial charge in [-0.25, -0.2) is 9.59 Å². The monoisotopic (exact) mass is 727 g/mol. The Kier molecular flexibility index (Phi) is 19.9. The van der Waals surface area contributed by atoms with E-state index in [0.717, 1.165) is 25.7 Å². The second-order valence-corrected chi connectivity index (χ2v) is 12.2. The minimum atomic E-state index is -1.05. The number of hydrogen-bond donors (Lipinski definition) is 3. The molecule has 286 valence electrons. The standard InChI is InChI=1S/C32H49N5O14/c1-22(2)17-47-16-8-4-3-6-15-34-32(46)23(35-25(39)19-49-21-31(45)51-37-28(42)12-13-29(37)43)9-5-7-14-33-24(38)18-48-20-30(44)50-36-26(40)10-11-27(36)41/h22-23H,3-21H2,1-2H3,(H,33,38)(H,34,46)(H,35,39). The van der Waals surface area contributed by atoms with Crippen LogP contribution >= 0.6 is 0 Å². The van der Waals surface area contributed by atoms with Crippen molar-refractivity contribution in [2.24, 2.45) is 5.92 Å². The van der Waals surface area contributed by atoms with E-state index in [1.54, 1.807) is 0 Å². The Balaban J connectivity index is 1.70. The number of amides is 7. The molecule has 0 aromatic rings. The van der Waals surface area contributed by atoms with Gasteiger partial charge >= 0.3 is 11.9 Å². The average Bonchev–Trinajstić information content (AvgIpc) is 3.56. The summed E-state index contributed by atoms with van der Waals surface area (Å²) in [5, 5.41) is 8.71. The molecule has 0 radical (unpaired) electrons. The van der Waals surface area contributed by atoms with Gasteiger partial charge in [0.05, 0.1) is 0 Å². The maximum absolute atomic E-state index is 12.9. The van der Waals surface area contributed by atoms with E-state index in [1.807, 2.05) is 0 Å². The van der Waals surface area contributed by atoms with Crippen LogP contribution in [0.15, 0.2) is 0 Å². The molecule has 0 aromatic carbocycles. The summed E-state index contributed by atoms with van der Waals surface area (Å²) >= 11 is 0. The normalized spacial score (nSPS) is 15.0. The van der Waals surface area contributed by atoms with Gasteiger partial charge in [0.1, 0.15) is 32.5 Å². The van der Waals surface area contributed by atoms with Gasteiger partial charge in [-0.05, 0) is 38.0 Å². The number of ether oxygens (including phenoxy) is 3. The number of nitrogens with one attached hydrogen (secondary N) is 3. The Morgan fingerprint density at radius 3 is 1.65 bits per heavy atom. The van der Waals surface area contributed by atoms with Gasteiger partial charge in [0, 0.05) is 52.0 Å². The van der Waals surface area contributed by atoms with Gasteiger partial charge in [-0.2, -0.15) is 0 Å². The Bertz CT molecular complexity index is 1210. The van der Waals surface area contributed by atoms with Crippen LogP contribution < -0.4 is 16.0 Å². The van der Waals surface area contributed by atoms with Crippen LogP contribution in [-0.2, 0) is 67.0 Å². The van der Waals surface area contributed by atoms with Crippen molar-refractivity contribution >= 4 is 53.3 Å². The highest BCUT2D eigenvalue weighted by Crippen LogP contribution is 2.13. The van der Waals surface area contributed by atoms with E-state index in [-0.39, 0.29) is 38.6 Å². The smallest absolute Gasteiger partial charge is 0.358 e. The third-order valence-corrected chi connectivity index (χ3v) is 7.16. The fraction of sp³-hybridized carbons (Fsp3) is 0.719. The zero-order valence-electron chi connectivity index (χ0n) is 29.2. The van der Waals surface area contributed by atoms with E-state index < -0.39 is 85.8 Å². The van der Waals surface area contributed by atoms with Crippen LogP contribution in [-0.4, -0.2) is 122 Å². The van der Waals surface area contributed by atoms with Crippen molar-refractivity contribution < 1.29 is 67.0 Å². The third kappa shape index (κ3) is 17.8. The first kappa shape index (κ1) is 42.7. The van der Waals surface area contributed by atoms with Crippen molar-refractivity contribution in [2.75, 3.05) is 52.7 Å². The third-order valence-electron chi connectivity index (χ3n) is 7.16. The summed E-state index contributed by atoms with van der Waals surface area (Å²) in [5.41, 5.74) is 0. The molecule has 2 aliphatic rings. The van der Waals surface area contributed by atoms with Crippen LogP contribution in [0.5, 0.6) is 0 Å². The first-order valence-electron chi connectivity index (χ1n) is 17.1. The summed E-state index contributed by atoms with van der Waals surface area (Å²) in [7, 11) is 0. The molecule has 0 spiro atoms. The summed E-state index contributed by atoms with van der Waals surface area (Å²) in [4.78, 5) is 117. The topological polar surface area (TPSA) is 242 Å². The maximum atomic E-state index is 12.9. The molecule has 19 heteroatoms. The Morgan fingerprint density at radius 1 is 0.608 bits per heavy atom. The summed E-state index contributed by atoms with van der Waals surface area (Å²) in [6.45, 7) is 3.69. The fourth-order valence-corrected chi connectivity index (χ4v) is 4.62. The molecule has 0 bridgehead atoms. The van der Waals surface area contributed by atoms with Gasteiger partial charge in [0.2, 0.25) is 17.7 Å². The van der Waals surface area contributed by atoms with Crippen molar-refractivity contribution in [2.45, 2.75) is 90.5 Å². The van der Waals surface area contributed by atoms with Crippen molar-refractivity contribution in [3.05, 3.63) is 0 Å². The minimum absolute atomic E-state index is 0.0519. The highest BCUT2D eigenvalue weighted by Gasteiger charge is 2.34. The van der Waals surface area contributed by atoms with Gasteiger partial charge in [-0.15, -0.1) is 10.1 Å². The molecule has 2 heterocycles. The van der Waals surface area contributed by atoms with Gasteiger partial charge in [-0.3, -0.25) is 33.6 Å². The summed E-state index contributed by atoms with van der Waals surface area (Å²) < 4.78 is 15.6. The van der Waals surface area contributed by atoms with Crippen LogP contribution in [0.3, 0.4) is 0 Å². The molecule has 51 heavy (non-hydrogen) atoms. The van der Waals surface area contributed by atoms with Crippen LogP contribution in [0.1, 0.15) is 84.5 Å². The van der Waals surface area contributed by atoms with E-state index in [4.69, 9.17) is 14.2 Å². The molecule has 0 aliphatic carbocycles. The second-order valence-electron chi connectivity index (χ2n) is 12.2. The molecule has 2 aliphatic heterocycles. The van der Waals surface area contributed by atoms with Crippen molar-refractivity contribution in [1.82, 2.24) is 26.1 Å². The molecule has 2 saturated heterocycles. The molecule has 2 rings (SSSR count). The lowest BCUT2D eigenvalue weighted by molar-refractivity contribution is -0.200. The van der Waals surface area contributed by atoms with Gasteiger partial charge in [-0.1, -0.05) is 26.7 Å². The lowest BCUT2D eigenvalue weighted by atomic mass is 10.1. The molecule has 0 saturated carbocycles. The summed E-state index contributed by atoms with van der Waals surface area (Å²) in [6.07, 6.45) is 4.25. The van der Waals surface area contributed by atoms with E-state index >= 15 is 0 Å². The minimum Gasteiger partial charge on any atom is -0.381 e. The van der Waals surface area contributed by atoms with Crippen LogP contribution in [0.2, 0.25) is 0 Å². The van der Waals surface area contributed by atoms with Crippen molar-refractivity contribution in [1.29, 1.82) is 0 Å². The first-order valence-corrected chi connectivity index (χ1v) is 17.1. The number of unbranched alkanes of at least 4 members (excludes halogenated alkanes) is 4. The zero-order valence-corrected chi connectivity index (χ0v) is 29.2. The second kappa shape index (κ2) is 23.8. The molecule has 0 aromatic heterocycles. The molecule has 1 atom stereocenters. The quantitative estimate of drug-likeness (QED) is 0.0742. The van der Waals surface area contributed by atoms with Gasteiger partial charge in [0.15, 0.2) is 0 Å². The number of hydroxylamine groups is 4. The Hall–Kier alpha value is -4.49. The van der Waals surface area contributed by atoms with Crippen LogP contribution in [0.25, 0.3) is 0 Å². The van der Waals surface area contributed by atoms with E-state index in [2.05, 4.69) is 39.5 Å². The van der Waals surface area contributed by atoms with E-state index in [1.165, 1.54) is 0 Å². The van der Waals surface area contributed by atoms with E-state index in [0.29, 0.717) is 48.6 Å². The molecule has 2 fully saturated rings. The zero-order chi connectivity index (χ0) is 37.6. The predicted octanol–water partition coefficient (Wildman–Crippen LogP) is -0.645. The van der Waals surface area contributed by atoms with E-state index in [9.17, 15) is 43.2 Å². The molecule has 1 unspecified atom stereocenters. The number of carbonyl (C=O) groups excluding carboxylic acids is 9. The highest BCUT2D eigenvalue weighted by atomic mass is 16.7. The number of nitrogens with zero attached hydrogens (tertiary/aromatic N) is 2. The molecule has 19 nitrogen and oxygen atoms in total. The van der Waals surface area contributed by atoms with Crippen molar-refractivity contribution in [3.8, 4) is 0 Å². The number of rotatable bonds is 26. The molecule has 3 N–H and O–H groups in total. The number of carbonyl (C=O) groups is 9. The molecular weight excluding hydrogens is 678 g/mol. The Labute approximate surface area is 295 Å². The maximum Gasteiger partial charge on any atom is 0.358 e. The van der Waals surface area contributed by atoms with Gasteiger partial charge < -0.3 is 39.8 Å². The number of imide groups is 2. The summed E-state index contributed by atoms with van der Waals surface area (Å²) in [6, 6.07) is -0.947. The lowest BCUT2D eigenvalue weighted by Crippen LogP contribution is -2.48. The average molecular weight is 728 g/mol. The Morgan fingerprint density at radius 2 is 1.10 bits per heavy atom. The highest BCUT2D eigenvalue weighted by molar-refractivity contribution is 6.02. The first-order chi connectivity index (χ1) is 24.4.